The van der Waals surface area contributed by atoms with Gasteiger partial charge in [-0.2, -0.15) is 13.2 Å². The highest BCUT2D eigenvalue weighted by molar-refractivity contribution is 5.75. The van der Waals surface area contributed by atoms with E-state index in [1.54, 1.807) is 0 Å². The zero-order chi connectivity index (χ0) is 24.3. The number of hydrogen-bond donors (Lipinski definition) is 0. The van der Waals surface area contributed by atoms with Crippen LogP contribution in [0.15, 0.2) is 18.2 Å². The number of ether oxygens (including phenoxy) is 1. The Bertz CT molecular complexity index is 828. The minimum atomic E-state index is -4.63. The summed E-state index contributed by atoms with van der Waals surface area (Å²) >= 11 is 0. The molecule has 0 N–H and O–H groups in total. The van der Waals surface area contributed by atoms with Gasteiger partial charge < -0.3 is 4.74 Å². The van der Waals surface area contributed by atoms with E-state index in [2.05, 4.69) is 6.92 Å². The van der Waals surface area contributed by atoms with Crippen LogP contribution < -0.4 is 4.74 Å². The van der Waals surface area contributed by atoms with E-state index in [1.165, 1.54) is 57.8 Å². The van der Waals surface area contributed by atoms with E-state index in [-0.39, 0.29) is 5.92 Å². The smallest absolute Gasteiger partial charge is 0.416 e. The first-order valence-electron chi connectivity index (χ1n) is 13.3. The van der Waals surface area contributed by atoms with Crippen molar-refractivity contribution in [3.05, 3.63) is 29.6 Å². The molecule has 4 atom stereocenters. The molecule has 190 valence electrons. The fourth-order valence-corrected chi connectivity index (χ4v) is 6.98. The highest BCUT2D eigenvalue weighted by atomic mass is 19.4. The van der Waals surface area contributed by atoms with E-state index < -0.39 is 29.3 Å². The van der Waals surface area contributed by atoms with Crippen LogP contribution in [-0.2, 0) is 11.0 Å². The van der Waals surface area contributed by atoms with Gasteiger partial charge in [-0.25, -0.2) is 4.39 Å². The van der Waals surface area contributed by atoms with E-state index >= 15 is 0 Å². The van der Waals surface area contributed by atoms with Crippen LogP contribution in [0, 0.1) is 41.3 Å². The summed E-state index contributed by atoms with van der Waals surface area (Å²) in [4.78, 5) is 12.6. The third-order valence-electron chi connectivity index (χ3n) is 8.97. The van der Waals surface area contributed by atoms with Crippen molar-refractivity contribution >= 4 is 5.97 Å². The molecule has 3 saturated carbocycles. The van der Waals surface area contributed by atoms with Gasteiger partial charge in [-0.1, -0.05) is 32.6 Å². The number of benzene rings is 1. The SMILES string of the molecule is CCCCC1CCC2CC(C3CCC(C(=O)Oc4ccc(C(F)(F)F)cc4F)CC3)CCC2C1. The molecule has 0 bridgehead atoms. The maximum absolute atomic E-state index is 14.1. The first kappa shape index (κ1) is 25.5. The number of halogens is 4. The Labute approximate surface area is 200 Å². The molecule has 3 aliphatic rings. The van der Waals surface area contributed by atoms with Crippen LogP contribution in [0.4, 0.5) is 17.6 Å². The maximum atomic E-state index is 14.1. The predicted molar refractivity (Wildman–Crippen MR) is 124 cm³/mol. The molecule has 4 rings (SSSR count). The number of hydrogen-bond acceptors (Lipinski definition) is 2. The Morgan fingerprint density at radius 3 is 2.18 bits per heavy atom. The molecule has 0 aliphatic heterocycles. The third-order valence-corrected chi connectivity index (χ3v) is 8.97. The lowest BCUT2D eigenvalue weighted by Crippen LogP contribution is -2.35. The molecular weight excluding hydrogens is 444 g/mol. The third kappa shape index (κ3) is 6.15. The highest BCUT2D eigenvalue weighted by Gasteiger charge is 2.39. The van der Waals surface area contributed by atoms with Crippen molar-refractivity contribution < 1.29 is 27.1 Å². The number of rotatable bonds is 6. The van der Waals surface area contributed by atoms with Gasteiger partial charge in [-0.3, -0.25) is 4.79 Å². The van der Waals surface area contributed by atoms with Crippen molar-refractivity contribution in [1.29, 1.82) is 0 Å². The number of esters is 1. The zero-order valence-electron chi connectivity index (χ0n) is 20.2. The van der Waals surface area contributed by atoms with Crippen LogP contribution in [-0.4, -0.2) is 5.97 Å². The Balaban J connectivity index is 1.24. The molecule has 4 unspecified atom stereocenters. The van der Waals surface area contributed by atoms with Crippen molar-refractivity contribution in [3.63, 3.8) is 0 Å². The van der Waals surface area contributed by atoms with Gasteiger partial charge in [-0.05, 0) is 106 Å². The Hall–Kier alpha value is -1.59. The minimum Gasteiger partial charge on any atom is -0.423 e. The summed E-state index contributed by atoms with van der Waals surface area (Å²) in [7, 11) is 0. The average molecular weight is 483 g/mol. The molecule has 0 heterocycles. The summed E-state index contributed by atoms with van der Waals surface area (Å²) in [6.45, 7) is 2.28. The molecule has 3 fully saturated rings. The largest absolute Gasteiger partial charge is 0.423 e. The van der Waals surface area contributed by atoms with Crippen molar-refractivity contribution in [1.82, 2.24) is 0 Å². The van der Waals surface area contributed by atoms with Gasteiger partial charge in [0.25, 0.3) is 0 Å². The lowest BCUT2D eigenvalue weighted by molar-refractivity contribution is -0.140. The van der Waals surface area contributed by atoms with Gasteiger partial charge in [0.1, 0.15) is 0 Å². The van der Waals surface area contributed by atoms with Gasteiger partial charge in [0.2, 0.25) is 0 Å². The van der Waals surface area contributed by atoms with Crippen LogP contribution in [0.2, 0.25) is 0 Å². The highest BCUT2D eigenvalue weighted by Crippen LogP contribution is 2.49. The van der Waals surface area contributed by atoms with Gasteiger partial charge in [0.15, 0.2) is 11.6 Å². The monoisotopic (exact) mass is 482 g/mol. The number of fused-ring (bicyclic) bond motifs is 1. The van der Waals surface area contributed by atoms with Gasteiger partial charge >= 0.3 is 12.1 Å². The van der Waals surface area contributed by atoms with Crippen molar-refractivity contribution in [3.8, 4) is 5.75 Å². The molecule has 34 heavy (non-hydrogen) atoms. The van der Waals surface area contributed by atoms with Crippen LogP contribution >= 0.6 is 0 Å². The molecule has 2 nitrogen and oxygen atoms in total. The predicted octanol–water partition coefficient (Wildman–Crippen LogP) is 8.58. The quantitative estimate of drug-likeness (QED) is 0.231. The Kier molecular flexibility index (Phi) is 8.24. The molecule has 0 amide bonds. The molecule has 6 heteroatoms. The Morgan fingerprint density at radius 2 is 1.53 bits per heavy atom. The van der Waals surface area contributed by atoms with Gasteiger partial charge in [0.05, 0.1) is 11.5 Å². The second-order valence-corrected chi connectivity index (χ2v) is 11.1. The normalized spacial score (nSPS) is 32.1. The fraction of sp³-hybridized carbons (Fsp3) is 0.750. The van der Waals surface area contributed by atoms with E-state index in [4.69, 9.17) is 4.74 Å². The number of unbranched alkanes of at least 4 members (excludes halogenated alkanes) is 1. The van der Waals surface area contributed by atoms with Crippen LogP contribution in [0.5, 0.6) is 5.75 Å². The van der Waals surface area contributed by atoms with Crippen LogP contribution in [0.3, 0.4) is 0 Å². The second-order valence-electron chi connectivity index (χ2n) is 11.1. The van der Waals surface area contributed by atoms with E-state index in [9.17, 15) is 22.4 Å². The first-order chi connectivity index (χ1) is 16.2. The summed E-state index contributed by atoms with van der Waals surface area (Å²) in [5.74, 6) is 1.72. The number of carbonyl (C=O) groups is 1. The van der Waals surface area contributed by atoms with E-state index in [1.807, 2.05) is 0 Å². The van der Waals surface area contributed by atoms with Crippen LogP contribution in [0.25, 0.3) is 0 Å². The summed E-state index contributed by atoms with van der Waals surface area (Å²) in [6.07, 6.45) is 11.0. The van der Waals surface area contributed by atoms with Gasteiger partial charge in [-0.15, -0.1) is 0 Å². The van der Waals surface area contributed by atoms with Crippen molar-refractivity contribution in [2.75, 3.05) is 0 Å². The summed E-state index contributed by atoms with van der Waals surface area (Å²) in [5, 5.41) is 0. The lowest BCUT2D eigenvalue weighted by atomic mass is 9.60. The van der Waals surface area contributed by atoms with Gasteiger partial charge in [0, 0.05) is 0 Å². The second kappa shape index (κ2) is 11.0. The molecule has 3 aliphatic carbocycles. The zero-order valence-corrected chi connectivity index (χ0v) is 20.2. The number of alkyl halides is 3. The number of carbonyl (C=O) groups excluding carboxylic acids is 1. The molecule has 1 aromatic rings. The average Bonchev–Trinajstić information content (AvgIpc) is 2.83. The standard InChI is InChI=1S/C28H38F4O2/c1-2-3-4-18-5-6-23-16-22(12-11-21(23)15-18)19-7-9-20(10-8-19)27(33)34-26-14-13-24(17-25(26)29)28(30,31)32/h13-14,17-23H,2-12,15-16H2,1H3. The molecule has 1 aromatic carbocycles. The summed E-state index contributed by atoms with van der Waals surface area (Å²) in [5.41, 5.74) is -1.09. The summed E-state index contributed by atoms with van der Waals surface area (Å²) < 4.78 is 57.4. The van der Waals surface area contributed by atoms with E-state index in [0.717, 1.165) is 61.5 Å². The first-order valence-corrected chi connectivity index (χ1v) is 13.3. The lowest BCUT2D eigenvalue weighted by Gasteiger charge is -2.45. The maximum Gasteiger partial charge on any atom is 0.416 e. The molecule has 0 aromatic heterocycles. The fourth-order valence-electron chi connectivity index (χ4n) is 6.98. The van der Waals surface area contributed by atoms with Crippen molar-refractivity contribution in [2.24, 2.45) is 35.5 Å². The topological polar surface area (TPSA) is 26.3 Å². The molecule has 0 spiro atoms. The molecule has 0 saturated heterocycles. The van der Waals surface area contributed by atoms with E-state index in [0.29, 0.717) is 12.0 Å². The van der Waals surface area contributed by atoms with Crippen LogP contribution in [0.1, 0.15) is 96.0 Å². The molecular formula is C28H38F4O2. The summed E-state index contributed by atoms with van der Waals surface area (Å²) in [6, 6.07) is 2.03. The minimum absolute atomic E-state index is 0.303. The molecule has 0 radical (unpaired) electrons. The van der Waals surface area contributed by atoms with Crippen molar-refractivity contribution in [2.45, 2.75) is 96.6 Å². The Morgan fingerprint density at radius 1 is 0.912 bits per heavy atom.